The molecule has 0 saturated heterocycles. The Labute approximate surface area is 133 Å². The van der Waals surface area contributed by atoms with Crippen molar-refractivity contribution < 1.29 is 4.74 Å². The van der Waals surface area contributed by atoms with Gasteiger partial charge in [-0.3, -0.25) is 0 Å². The Morgan fingerprint density at radius 2 is 1.95 bits per heavy atom. The molecular weight excluding hydrogens is 272 g/mol. The van der Waals surface area contributed by atoms with Crippen LogP contribution in [-0.4, -0.2) is 16.6 Å². The van der Waals surface area contributed by atoms with Crippen LogP contribution in [0.1, 0.15) is 45.7 Å². The summed E-state index contributed by atoms with van der Waals surface area (Å²) in [5.74, 6) is 2.17. The standard InChI is InChI=1S/C19H26N2O/c1-4-6-9-16-12-13-20-19(21-16)17-10-7-8-11-18(17)22-14-15(3)5-2/h7-8,10-13,15H,4-6,9,14H2,1-3H3. The molecule has 0 aliphatic rings. The number of hydrogen-bond donors (Lipinski definition) is 0. The van der Waals surface area contributed by atoms with Gasteiger partial charge in [0.1, 0.15) is 5.75 Å². The lowest BCUT2D eigenvalue weighted by molar-refractivity contribution is 0.257. The summed E-state index contributed by atoms with van der Waals surface area (Å²) in [5, 5.41) is 0. The quantitative estimate of drug-likeness (QED) is 0.694. The van der Waals surface area contributed by atoms with Crippen LogP contribution in [0.4, 0.5) is 0 Å². The van der Waals surface area contributed by atoms with Gasteiger partial charge < -0.3 is 4.74 Å². The van der Waals surface area contributed by atoms with Crippen molar-refractivity contribution in [3.8, 4) is 17.1 Å². The van der Waals surface area contributed by atoms with Gasteiger partial charge in [-0.15, -0.1) is 0 Å². The molecule has 1 aromatic carbocycles. The van der Waals surface area contributed by atoms with E-state index >= 15 is 0 Å². The SMILES string of the molecule is CCCCc1ccnc(-c2ccccc2OCC(C)CC)n1. The Hall–Kier alpha value is -1.90. The van der Waals surface area contributed by atoms with Gasteiger partial charge in [-0.2, -0.15) is 0 Å². The summed E-state index contributed by atoms with van der Waals surface area (Å²) in [6.45, 7) is 7.30. The number of ether oxygens (including phenoxy) is 1. The Kier molecular flexibility index (Phi) is 6.38. The minimum Gasteiger partial charge on any atom is -0.493 e. The summed E-state index contributed by atoms with van der Waals surface area (Å²) in [6, 6.07) is 10.0. The third-order valence-electron chi connectivity index (χ3n) is 3.85. The lowest BCUT2D eigenvalue weighted by atomic mass is 10.1. The Morgan fingerprint density at radius 1 is 1.14 bits per heavy atom. The molecule has 0 fully saturated rings. The van der Waals surface area contributed by atoms with Crippen LogP contribution in [0.2, 0.25) is 0 Å². The van der Waals surface area contributed by atoms with E-state index in [1.807, 2.05) is 36.5 Å². The summed E-state index contributed by atoms with van der Waals surface area (Å²) in [6.07, 6.45) is 6.29. The van der Waals surface area contributed by atoms with Crippen molar-refractivity contribution in [3.63, 3.8) is 0 Å². The molecule has 1 aromatic heterocycles. The van der Waals surface area contributed by atoms with Crippen LogP contribution in [0.25, 0.3) is 11.4 Å². The molecule has 1 atom stereocenters. The van der Waals surface area contributed by atoms with Crippen molar-refractivity contribution in [3.05, 3.63) is 42.2 Å². The Morgan fingerprint density at radius 3 is 2.73 bits per heavy atom. The number of hydrogen-bond acceptors (Lipinski definition) is 3. The van der Waals surface area contributed by atoms with E-state index in [1.54, 1.807) is 0 Å². The molecule has 0 saturated carbocycles. The summed E-state index contributed by atoms with van der Waals surface area (Å²) in [5.41, 5.74) is 2.08. The number of aryl methyl sites for hydroxylation is 1. The number of unbranched alkanes of at least 4 members (excludes halogenated alkanes) is 1. The number of para-hydroxylation sites is 1. The maximum Gasteiger partial charge on any atom is 0.163 e. The van der Waals surface area contributed by atoms with E-state index in [1.165, 1.54) is 6.42 Å². The lowest BCUT2D eigenvalue weighted by Gasteiger charge is -2.14. The van der Waals surface area contributed by atoms with Gasteiger partial charge in [-0.05, 0) is 37.0 Å². The first kappa shape index (κ1) is 16.5. The van der Waals surface area contributed by atoms with Gasteiger partial charge in [0.2, 0.25) is 0 Å². The third kappa shape index (κ3) is 4.55. The van der Waals surface area contributed by atoms with Gasteiger partial charge in [0.05, 0.1) is 12.2 Å². The molecule has 0 amide bonds. The van der Waals surface area contributed by atoms with E-state index in [-0.39, 0.29) is 0 Å². The van der Waals surface area contributed by atoms with E-state index in [0.717, 1.165) is 48.7 Å². The summed E-state index contributed by atoms with van der Waals surface area (Å²) in [7, 11) is 0. The van der Waals surface area contributed by atoms with Crippen LogP contribution in [0.15, 0.2) is 36.5 Å². The molecule has 0 aliphatic heterocycles. The van der Waals surface area contributed by atoms with Gasteiger partial charge in [0, 0.05) is 11.9 Å². The van der Waals surface area contributed by atoms with E-state index in [2.05, 4.69) is 25.8 Å². The number of rotatable bonds is 8. The molecule has 118 valence electrons. The molecule has 0 spiro atoms. The van der Waals surface area contributed by atoms with Gasteiger partial charge in [0.15, 0.2) is 5.82 Å². The van der Waals surface area contributed by atoms with Gasteiger partial charge in [-0.25, -0.2) is 9.97 Å². The predicted octanol–water partition coefficient (Wildman–Crippen LogP) is 4.91. The zero-order valence-corrected chi connectivity index (χ0v) is 13.9. The van der Waals surface area contributed by atoms with Crippen LogP contribution < -0.4 is 4.74 Å². The Balaban J connectivity index is 2.21. The highest BCUT2D eigenvalue weighted by atomic mass is 16.5. The summed E-state index contributed by atoms with van der Waals surface area (Å²) in [4.78, 5) is 9.13. The van der Waals surface area contributed by atoms with E-state index in [9.17, 15) is 0 Å². The number of nitrogens with zero attached hydrogens (tertiary/aromatic N) is 2. The van der Waals surface area contributed by atoms with Gasteiger partial charge in [-0.1, -0.05) is 45.7 Å². The average molecular weight is 298 g/mol. The van der Waals surface area contributed by atoms with Crippen molar-refractivity contribution >= 4 is 0 Å². The number of aromatic nitrogens is 2. The molecule has 1 heterocycles. The zero-order chi connectivity index (χ0) is 15.8. The molecule has 1 unspecified atom stereocenters. The highest BCUT2D eigenvalue weighted by molar-refractivity contribution is 5.63. The first-order valence-electron chi connectivity index (χ1n) is 8.28. The van der Waals surface area contributed by atoms with Crippen molar-refractivity contribution in [2.24, 2.45) is 5.92 Å². The maximum absolute atomic E-state index is 5.99. The van der Waals surface area contributed by atoms with Crippen LogP contribution in [0.5, 0.6) is 5.75 Å². The topological polar surface area (TPSA) is 35.0 Å². The smallest absolute Gasteiger partial charge is 0.163 e. The van der Waals surface area contributed by atoms with Crippen molar-refractivity contribution in [1.82, 2.24) is 9.97 Å². The average Bonchev–Trinajstić information content (AvgIpc) is 2.58. The molecule has 22 heavy (non-hydrogen) atoms. The normalized spacial score (nSPS) is 12.1. The molecule has 2 aromatic rings. The van der Waals surface area contributed by atoms with Crippen molar-refractivity contribution in [2.75, 3.05) is 6.61 Å². The van der Waals surface area contributed by atoms with Crippen LogP contribution in [0, 0.1) is 5.92 Å². The fourth-order valence-electron chi connectivity index (χ4n) is 2.15. The fraction of sp³-hybridized carbons (Fsp3) is 0.474. The van der Waals surface area contributed by atoms with Crippen LogP contribution in [-0.2, 0) is 6.42 Å². The first-order valence-corrected chi connectivity index (χ1v) is 8.28. The highest BCUT2D eigenvalue weighted by Crippen LogP contribution is 2.27. The largest absolute Gasteiger partial charge is 0.493 e. The monoisotopic (exact) mass is 298 g/mol. The molecule has 0 N–H and O–H groups in total. The lowest BCUT2D eigenvalue weighted by Crippen LogP contribution is -2.08. The molecule has 0 bridgehead atoms. The molecule has 3 heteroatoms. The number of benzene rings is 1. The molecule has 3 nitrogen and oxygen atoms in total. The Bertz CT molecular complexity index is 583. The van der Waals surface area contributed by atoms with Crippen LogP contribution >= 0.6 is 0 Å². The minimum atomic E-state index is 0.546. The van der Waals surface area contributed by atoms with E-state index in [0.29, 0.717) is 5.92 Å². The maximum atomic E-state index is 5.99. The van der Waals surface area contributed by atoms with Crippen molar-refractivity contribution in [1.29, 1.82) is 0 Å². The van der Waals surface area contributed by atoms with Gasteiger partial charge in [0.25, 0.3) is 0 Å². The molecule has 2 rings (SSSR count). The van der Waals surface area contributed by atoms with E-state index in [4.69, 9.17) is 9.72 Å². The highest BCUT2D eigenvalue weighted by Gasteiger charge is 2.10. The third-order valence-corrected chi connectivity index (χ3v) is 3.85. The molecule has 0 aliphatic carbocycles. The van der Waals surface area contributed by atoms with Crippen molar-refractivity contribution in [2.45, 2.75) is 46.5 Å². The second kappa shape index (κ2) is 8.52. The molecular formula is C19H26N2O. The minimum absolute atomic E-state index is 0.546. The van der Waals surface area contributed by atoms with Crippen LogP contribution in [0.3, 0.4) is 0 Å². The van der Waals surface area contributed by atoms with E-state index < -0.39 is 0 Å². The second-order valence-corrected chi connectivity index (χ2v) is 5.80. The second-order valence-electron chi connectivity index (χ2n) is 5.80. The van der Waals surface area contributed by atoms with Gasteiger partial charge >= 0.3 is 0 Å². The summed E-state index contributed by atoms with van der Waals surface area (Å²) >= 11 is 0. The first-order chi connectivity index (χ1) is 10.7. The molecule has 0 radical (unpaired) electrons. The zero-order valence-electron chi connectivity index (χ0n) is 13.9. The predicted molar refractivity (Wildman–Crippen MR) is 91.0 cm³/mol. The fourth-order valence-corrected chi connectivity index (χ4v) is 2.15. The summed E-state index contributed by atoms with van der Waals surface area (Å²) < 4.78 is 5.99.